The quantitative estimate of drug-likeness (QED) is 0.903. The Kier molecular flexibility index (Phi) is 4.02. The summed E-state index contributed by atoms with van der Waals surface area (Å²) in [7, 11) is 1.77. The molecule has 1 fully saturated rings. The van der Waals surface area contributed by atoms with Gasteiger partial charge < -0.3 is 10.2 Å². The van der Waals surface area contributed by atoms with Gasteiger partial charge in [-0.2, -0.15) is 0 Å². The zero-order chi connectivity index (χ0) is 13.9. The third kappa shape index (κ3) is 2.69. The van der Waals surface area contributed by atoms with Crippen LogP contribution in [0.15, 0.2) is 12.4 Å². The summed E-state index contributed by atoms with van der Waals surface area (Å²) in [6, 6.07) is 0. The number of hydrogen-bond donors (Lipinski definition) is 1. The number of aromatic nitrogens is 2. The Hall–Kier alpha value is -1.65. The largest absolute Gasteiger partial charge is 0.372 e. The highest BCUT2D eigenvalue weighted by molar-refractivity contribution is 5.92. The average molecular weight is 262 g/mol. The van der Waals surface area contributed by atoms with Crippen molar-refractivity contribution in [2.24, 2.45) is 5.41 Å². The SMILES string of the molecule is CCC1(CC)CCN(C(=O)c2cncc(NC)n2)C1. The molecule has 1 aromatic heterocycles. The summed E-state index contributed by atoms with van der Waals surface area (Å²) in [6.07, 6.45) is 6.49. The zero-order valence-electron chi connectivity index (χ0n) is 11.9. The number of carbonyl (C=O) groups is 1. The molecule has 2 heterocycles. The number of likely N-dealkylation sites (tertiary alicyclic amines) is 1. The van der Waals surface area contributed by atoms with Crippen LogP contribution in [0.1, 0.15) is 43.6 Å². The lowest BCUT2D eigenvalue weighted by molar-refractivity contribution is 0.0763. The van der Waals surface area contributed by atoms with E-state index >= 15 is 0 Å². The zero-order valence-corrected chi connectivity index (χ0v) is 11.9. The Labute approximate surface area is 114 Å². The van der Waals surface area contributed by atoms with E-state index in [9.17, 15) is 4.79 Å². The van der Waals surface area contributed by atoms with Gasteiger partial charge in [-0.05, 0) is 24.7 Å². The van der Waals surface area contributed by atoms with Gasteiger partial charge in [-0.25, -0.2) is 4.98 Å². The number of rotatable bonds is 4. The smallest absolute Gasteiger partial charge is 0.274 e. The number of hydrogen-bond acceptors (Lipinski definition) is 4. The highest BCUT2D eigenvalue weighted by atomic mass is 16.2. The first-order valence-electron chi connectivity index (χ1n) is 6.93. The monoisotopic (exact) mass is 262 g/mol. The summed E-state index contributed by atoms with van der Waals surface area (Å²) in [5, 5.41) is 2.91. The lowest BCUT2D eigenvalue weighted by Gasteiger charge is -2.26. The van der Waals surface area contributed by atoms with E-state index in [2.05, 4.69) is 29.1 Å². The van der Waals surface area contributed by atoms with Gasteiger partial charge in [-0.1, -0.05) is 13.8 Å². The summed E-state index contributed by atoms with van der Waals surface area (Å²) in [4.78, 5) is 22.7. The van der Waals surface area contributed by atoms with E-state index in [1.54, 1.807) is 19.4 Å². The molecule has 0 spiro atoms. The molecule has 0 unspecified atom stereocenters. The first kappa shape index (κ1) is 13.8. The molecule has 0 aromatic carbocycles. The number of amides is 1. The molecular formula is C14H22N4O. The molecule has 0 atom stereocenters. The van der Waals surface area contributed by atoms with Crippen molar-refractivity contribution in [3.05, 3.63) is 18.1 Å². The van der Waals surface area contributed by atoms with Gasteiger partial charge in [0.25, 0.3) is 5.91 Å². The number of nitrogens with one attached hydrogen (secondary N) is 1. The maximum atomic E-state index is 12.4. The summed E-state index contributed by atoms with van der Waals surface area (Å²) in [5.74, 6) is 0.621. The molecule has 2 rings (SSSR count). The first-order chi connectivity index (χ1) is 9.14. The molecule has 1 aliphatic heterocycles. The maximum absolute atomic E-state index is 12.4. The number of carbonyl (C=O) groups excluding carboxylic acids is 1. The van der Waals surface area contributed by atoms with Crippen LogP contribution in [-0.4, -0.2) is 40.9 Å². The number of nitrogens with zero attached hydrogens (tertiary/aromatic N) is 3. The normalized spacial score (nSPS) is 17.5. The van der Waals surface area contributed by atoms with Crippen LogP contribution < -0.4 is 5.32 Å². The van der Waals surface area contributed by atoms with Crippen molar-refractivity contribution in [1.29, 1.82) is 0 Å². The highest BCUT2D eigenvalue weighted by Gasteiger charge is 2.37. The minimum atomic E-state index is -0.00613. The molecule has 0 bridgehead atoms. The average Bonchev–Trinajstić information content (AvgIpc) is 2.91. The molecule has 5 heteroatoms. The molecule has 1 N–H and O–H groups in total. The Balaban J connectivity index is 2.13. The van der Waals surface area contributed by atoms with Crippen LogP contribution in [0.4, 0.5) is 5.82 Å². The van der Waals surface area contributed by atoms with Crippen LogP contribution in [0.25, 0.3) is 0 Å². The number of anilines is 1. The fourth-order valence-electron chi connectivity index (χ4n) is 2.69. The third-order valence-electron chi connectivity index (χ3n) is 4.34. The molecule has 0 radical (unpaired) electrons. The van der Waals surface area contributed by atoms with Gasteiger partial charge in [0.15, 0.2) is 0 Å². The van der Waals surface area contributed by atoms with Gasteiger partial charge in [0.05, 0.1) is 12.4 Å². The van der Waals surface area contributed by atoms with Crippen molar-refractivity contribution in [1.82, 2.24) is 14.9 Å². The van der Waals surface area contributed by atoms with Gasteiger partial charge in [0.1, 0.15) is 11.5 Å². The highest BCUT2D eigenvalue weighted by Crippen LogP contribution is 2.37. The first-order valence-corrected chi connectivity index (χ1v) is 6.93. The Morgan fingerprint density at radius 2 is 2.16 bits per heavy atom. The Bertz CT molecular complexity index is 457. The molecule has 104 valence electrons. The van der Waals surface area contributed by atoms with Crippen LogP contribution in [0.5, 0.6) is 0 Å². The molecular weight excluding hydrogens is 240 g/mol. The predicted molar refractivity (Wildman–Crippen MR) is 75.1 cm³/mol. The molecule has 1 amide bonds. The van der Waals surface area contributed by atoms with Crippen molar-refractivity contribution in [2.75, 3.05) is 25.5 Å². The second-order valence-electron chi connectivity index (χ2n) is 5.22. The van der Waals surface area contributed by atoms with Gasteiger partial charge in [0, 0.05) is 20.1 Å². The van der Waals surface area contributed by atoms with Gasteiger partial charge in [0.2, 0.25) is 0 Å². The molecule has 1 aromatic rings. The molecule has 0 aliphatic carbocycles. The lowest BCUT2D eigenvalue weighted by atomic mass is 9.82. The van der Waals surface area contributed by atoms with Crippen LogP contribution in [0.2, 0.25) is 0 Å². The second-order valence-corrected chi connectivity index (χ2v) is 5.22. The molecule has 1 aliphatic rings. The summed E-state index contributed by atoms with van der Waals surface area (Å²) < 4.78 is 0. The summed E-state index contributed by atoms with van der Waals surface area (Å²) >= 11 is 0. The molecule has 5 nitrogen and oxygen atoms in total. The van der Waals surface area contributed by atoms with E-state index in [1.165, 1.54) is 0 Å². The van der Waals surface area contributed by atoms with Crippen LogP contribution >= 0.6 is 0 Å². The third-order valence-corrected chi connectivity index (χ3v) is 4.34. The Morgan fingerprint density at radius 3 is 2.74 bits per heavy atom. The summed E-state index contributed by atoms with van der Waals surface area (Å²) in [6.45, 7) is 6.08. The minimum Gasteiger partial charge on any atom is -0.372 e. The maximum Gasteiger partial charge on any atom is 0.274 e. The van der Waals surface area contributed by atoms with E-state index in [-0.39, 0.29) is 5.91 Å². The molecule has 1 saturated heterocycles. The minimum absolute atomic E-state index is 0.00613. The fourth-order valence-corrected chi connectivity index (χ4v) is 2.69. The summed E-state index contributed by atoms with van der Waals surface area (Å²) in [5.41, 5.74) is 0.721. The van der Waals surface area contributed by atoms with Gasteiger partial charge in [-0.3, -0.25) is 9.78 Å². The second kappa shape index (κ2) is 5.55. The molecule has 19 heavy (non-hydrogen) atoms. The van der Waals surface area contributed by atoms with E-state index in [1.807, 2.05) is 4.90 Å². The standard InChI is InChI=1S/C14H22N4O/c1-4-14(5-2)6-7-18(10-14)13(19)11-8-16-9-12(15-3)17-11/h8-9H,4-7,10H2,1-3H3,(H,15,17). The van der Waals surface area contributed by atoms with E-state index in [0.29, 0.717) is 16.9 Å². The van der Waals surface area contributed by atoms with Gasteiger partial charge in [-0.15, -0.1) is 0 Å². The van der Waals surface area contributed by atoms with Crippen molar-refractivity contribution < 1.29 is 4.79 Å². The van der Waals surface area contributed by atoms with Crippen molar-refractivity contribution >= 4 is 11.7 Å². The lowest BCUT2D eigenvalue weighted by Crippen LogP contribution is -2.32. The topological polar surface area (TPSA) is 58.1 Å². The van der Waals surface area contributed by atoms with Crippen molar-refractivity contribution in [3.8, 4) is 0 Å². The van der Waals surface area contributed by atoms with E-state index in [4.69, 9.17) is 0 Å². The Morgan fingerprint density at radius 1 is 1.42 bits per heavy atom. The molecule has 0 saturated carbocycles. The predicted octanol–water partition coefficient (Wildman–Crippen LogP) is 2.17. The van der Waals surface area contributed by atoms with Crippen molar-refractivity contribution in [3.63, 3.8) is 0 Å². The van der Waals surface area contributed by atoms with Crippen LogP contribution in [-0.2, 0) is 0 Å². The fraction of sp³-hybridized carbons (Fsp3) is 0.643. The van der Waals surface area contributed by atoms with Crippen LogP contribution in [0, 0.1) is 5.41 Å². The van der Waals surface area contributed by atoms with E-state index < -0.39 is 0 Å². The van der Waals surface area contributed by atoms with Crippen molar-refractivity contribution in [2.45, 2.75) is 33.1 Å². The van der Waals surface area contributed by atoms with Gasteiger partial charge >= 0.3 is 0 Å². The van der Waals surface area contributed by atoms with Crippen LogP contribution in [0.3, 0.4) is 0 Å². The van der Waals surface area contributed by atoms with E-state index in [0.717, 1.165) is 32.4 Å².